The van der Waals surface area contributed by atoms with Gasteiger partial charge in [0.15, 0.2) is 5.89 Å². The third kappa shape index (κ3) is 3.39. The number of piperidine rings is 1. The zero-order valence-electron chi connectivity index (χ0n) is 12.4. The number of nitrogens with zero attached hydrogens (tertiary/aromatic N) is 3. The van der Waals surface area contributed by atoms with Gasteiger partial charge >= 0.3 is 0 Å². The normalized spacial score (nSPS) is 19.8. The number of oxazole rings is 1. The number of aryl methyl sites for hydroxylation is 2. The van der Waals surface area contributed by atoms with Crippen molar-refractivity contribution < 1.29 is 4.42 Å². The smallest absolute Gasteiger partial charge is 0.251 e. The van der Waals surface area contributed by atoms with Gasteiger partial charge in [0.1, 0.15) is 12.1 Å². The molecule has 0 aliphatic carbocycles. The predicted octanol–water partition coefficient (Wildman–Crippen LogP) is 1.75. The van der Waals surface area contributed by atoms with Crippen LogP contribution < -0.4 is 5.56 Å². The molecule has 1 aliphatic heterocycles. The molecule has 1 atom stereocenters. The summed E-state index contributed by atoms with van der Waals surface area (Å²) in [6.45, 7) is 6.41. The van der Waals surface area contributed by atoms with Crippen LogP contribution in [0.1, 0.15) is 41.9 Å². The molecule has 6 heteroatoms. The molecule has 0 spiro atoms. The second kappa shape index (κ2) is 5.81. The average molecular weight is 288 g/mol. The molecule has 2 aromatic heterocycles. The fourth-order valence-corrected chi connectivity index (χ4v) is 2.96. The Kier molecular flexibility index (Phi) is 3.88. The maximum Gasteiger partial charge on any atom is 0.251 e. The molecule has 1 aliphatic rings. The van der Waals surface area contributed by atoms with Gasteiger partial charge in [0.2, 0.25) is 0 Å². The number of hydrogen-bond donors (Lipinski definition) is 1. The maximum absolute atomic E-state index is 11.6. The third-order valence-electron chi connectivity index (χ3n) is 3.86. The number of aromatic amines is 1. The van der Waals surface area contributed by atoms with Gasteiger partial charge < -0.3 is 9.40 Å². The fraction of sp³-hybridized carbons (Fsp3) is 0.533. The van der Waals surface area contributed by atoms with E-state index in [0.29, 0.717) is 17.6 Å². The van der Waals surface area contributed by atoms with Crippen molar-refractivity contribution in [3.05, 3.63) is 45.8 Å². The van der Waals surface area contributed by atoms with Crippen molar-refractivity contribution in [3.63, 3.8) is 0 Å². The Morgan fingerprint density at radius 2 is 2.29 bits per heavy atom. The molecule has 6 nitrogen and oxygen atoms in total. The highest BCUT2D eigenvalue weighted by Gasteiger charge is 2.23. The average Bonchev–Trinajstić information content (AvgIpc) is 2.83. The summed E-state index contributed by atoms with van der Waals surface area (Å²) in [4.78, 5) is 25.5. The summed E-state index contributed by atoms with van der Waals surface area (Å²) in [6, 6.07) is 1.63. The van der Waals surface area contributed by atoms with Gasteiger partial charge in [-0.1, -0.05) is 0 Å². The van der Waals surface area contributed by atoms with E-state index in [9.17, 15) is 4.79 Å². The second-order valence-corrected chi connectivity index (χ2v) is 5.69. The number of aromatic nitrogens is 3. The Hall–Kier alpha value is -1.95. The van der Waals surface area contributed by atoms with Crippen LogP contribution in [0.3, 0.4) is 0 Å². The van der Waals surface area contributed by atoms with Crippen molar-refractivity contribution in [2.24, 2.45) is 0 Å². The molecule has 1 unspecified atom stereocenters. The van der Waals surface area contributed by atoms with Crippen molar-refractivity contribution in [1.29, 1.82) is 0 Å². The van der Waals surface area contributed by atoms with E-state index in [1.807, 2.05) is 13.8 Å². The van der Waals surface area contributed by atoms with Crippen LogP contribution in [0.15, 0.2) is 21.5 Å². The van der Waals surface area contributed by atoms with E-state index in [-0.39, 0.29) is 5.56 Å². The summed E-state index contributed by atoms with van der Waals surface area (Å²) in [5.41, 5.74) is 1.79. The minimum absolute atomic E-state index is 0.0678. The molecular formula is C15H20N4O2. The van der Waals surface area contributed by atoms with Crippen molar-refractivity contribution in [2.45, 2.75) is 39.2 Å². The monoisotopic (exact) mass is 288 g/mol. The molecule has 0 saturated carbocycles. The van der Waals surface area contributed by atoms with E-state index in [2.05, 4.69) is 19.9 Å². The molecule has 1 saturated heterocycles. The molecule has 21 heavy (non-hydrogen) atoms. The maximum atomic E-state index is 11.6. The molecule has 2 aromatic rings. The van der Waals surface area contributed by atoms with E-state index in [0.717, 1.165) is 43.9 Å². The first-order valence-corrected chi connectivity index (χ1v) is 7.31. The summed E-state index contributed by atoms with van der Waals surface area (Å²) in [5.74, 6) is 1.69. The molecule has 0 radical (unpaired) electrons. The lowest BCUT2D eigenvalue weighted by Gasteiger charge is -2.31. The SMILES string of the molecule is Cc1nc(C2CCCN(Cc3coc(C)n3)C2)cc(=O)[nH]1. The number of H-pyrrole nitrogens is 1. The lowest BCUT2D eigenvalue weighted by atomic mass is 9.94. The van der Waals surface area contributed by atoms with Crippen LogP contribution in [0, 0.1) is 13.8 Å². The number of likely N-dealkylation sites (tertiary alicyclic amines) is 1. The summed E-state index contributed by atoms with van der Waals surface area (Å²) in [5, 5.41) is 0. The zero-order valence-corrected chi connectivity index (χ0v) is 12.4. The Morgan fingerprint density at radius 1 is 1.43 bits per heavy atom. The number of nitrogens with one attached hydrogen (secondary N) is 1. The first kappa shape index (κ1) is 14.0. The highest BCUT2D eigenvalue weighted by atomic mass is 16.3. The van der Waals surface area contributed by atoms with E-state index in [1.165, 1.54) is 0 Å². The first-order valence-electron chi connectivity index (χ1n) is 7.31. The Balaban J connectivity index is 1.71. The van der Waals surface area contributed by atoms with Crippen LogP contribution in [0.4, 0.5) is 0 Å². The van der Waals surface area contributed by atoms with Crippen molar-refractivity contribution in [2.75, 3.05) is 13.1 Å². The highest BCUT2D eigenvalue weighted by Crippen LogP contribution is 2.25. The highest BCUT2D eigenvalue weighted by molar-refractivity contribution is 5.10. The molecular weight excluding hydrogens is 268 g/mol. The van der Waals surface area contributed by atoms with Crippen molar-refractivity contribution in [1.82, 2.24) is 19.9 Å². The first-order chi connectivity index (χ1) is 10.1. The van der Waals surface area contributed by atoms with Crippen LogP contribution in [-0.4, -0.2) is 32.9 Å². The number of rotatable bonds is 3. The lowest BCUT2D eigenvalue weighted by Crippen LogP contribution is -2.34. The topological polar surface area (TPSA) is 75.0 Å². The largest absolute Gasteiger partial charge is 0.449 e. The van der Waals surface area contributed by atoms with Gasteiger partial charge in [-0.15, -0.1) is 0 Å². The van der Waals surface area contributed by atoms with Gasteiger partial charge in [-0.25, -0.2) is 9.97 Å². The molecule has 1 fully saturated rings. The molecule has 0 bridgehead atoms. The second-order valence-electron chi connectivity index (χ2n) is 5.69. The van der Waals surface area contributed by atoms with Crippen molar-refractivity contribution >= 4 is 0 Å². The molecule has 1 N–H and O–H groups in total. The summed E-state index contributed by atoms with van der Waals surface area (Å²) in [6.07, 6.45) is 3.90. The van der Waals surface area contributed by atoms with Crippen LogP contribution in [0.2, 0.25) is 0 Å². The van der Waals surface area contributed by atoms with Gasteiger partial charge in [0.05, 0.1) is 11.4 Å². The zero-order chi connectivity index (χ0) is 14.8. The Morgan fingerprint density at radius 3 is 3.00 bits per heavy atom. The Bertz CT molecular complexity index is 676. The molecule has 3 heterocycles. The van der Waals surface area contributed by atoms with E-state index < -0.39 is 0 Å². The third-order valence-corrected chi connectivity index (χ3v) is 3.86. The Labute approximate surface area is 123 Å². The molecule has 112 valence electrons. The van der Waals surface area contributed by atoms with Crippen LogP contribution in [0.25, 0.3) is 0 Å². The minimum Gasteiger partial charge on any atom is -0.449 e. The van der Waals surface area contributed by atoms with E-state index in [4.69, 9.17) is 4.42 Å². The van der Waals surface area contributed by atoms with Crippen molar-refractivity contribution in [3.8, 4) is 0 Å². The van der Waals surface area contributed by atoms with Gasteiger partial charge in [0.25, 0.3) is 5.56 Å². The molecule has 0 amide bonds. The molecule has 0 aromatic carbocycles. The lowest BCUT2D eigenvalue weighted by molar-refractivity contribution is 0.196. The number of hydrogen-bond acceptors (Lipinski definition) is 5. The van der Waals surface area contributed by atoms with E-state index >= 15 is 0 Å². The standard InChI is InChI=1S/C15H20N4O2/c1-10-16-14(6-15(20)17-10)12-4-3-5-19(7-12)8-13-9-21-11(2)18-13/h6,9,12H,3-5,7-8H2,1-2H3,(H,16,17,20). The minimum atomic E-state index is -0.0678. The summed E-state index contributed by atoms with van der Waals surface area (Å²) < 4.78 is 5.25. The van der Waals surface area contributed by atoms with Gasteiger partial charge in [-0.2, -0.15) is 0 Å². The quantitative estimate of drug-likeness (QED) is 0.931. The van der Waals surface area contributed by atoms with Gasteiger partial charge in [-0.3, -0.25) is 9.69 Å². The van der Waals surface area contributed by atoms with Crippen LogP contribution in [0.5, 0.6) is 0 Å². The van der Waals surface area contributed by atoms with Gasteiger partial charge in [-0.05, 0) is 26.3 Å². The fourth-order valence-electron chi connectivity index (χ4n) is 2.96. The van der Waals surface area contributed by atoms with Crippen LogP contribution in [-0.2, 0) is 6.54 Å². The van der Waals surface area contributed by atoms with Gasteiger partial charge in [0, 0.05) is 32.0 Å². The summed E-state index contributed by atoms with van der Waals surface area (Å²) in [7, 11) is 0. The summed E-state index contributed by atoms with van der Waals surface area (Å²) >= 11 is 0. The predicted molar refractivity (Wildman–Crippen MR) is 78.1 cm³/mol. The van der Waals surface area contributed by atoms with Crippen LogP contribution >= 0.6 is 0 Å². The van der Waals surface area contributed by atoms with E-state index in [1.54, 1.807) is 12.3 Å². The molecule has 3 rings (SSSR count).